The van der Waals surface area contributed by atoms with Crippen LogP contribution in [0.1, 0.15) is 4.88 Å². The van der Waals surface area contributed by atoms with E-state index in [1.807, 2.05) is 30.3 Å². The second kappa shape index (κ2) is 5.21. The molecule has 0 spiro atoms. The second-order valence-electron chi connectivity index (χ2n) is 3.51. The molecule has 3 nitrogen and oxygen atoms in total. The molecule has 0 radical (unpaired) electrons. The van der Waals surface area contributed by atoms with E-state index >= 15 is 0 Å². The van der Waals surface area contributed by atoms with Gasteiger partial charge in [0.15, 0.2) is 0 Å². The van der Waals surface area contributed by atoms with Crippen molar-refractivity contribution in [3.8, 4) is 21.9 Å². The van der Waals surface area contributed by atoms with E-state index < -0.39 is 0 Å². The van der Waals surface area contributed by atoms with Crippen LogP contribution in [0.15, 0.2) is 30.3 Å². The van der Waals surface area contributed by atoms with Crippen molar-refractivity contribution in [2.24, 2.45) is 5.73 Å². The number of methoxy groups -OCH3 is 2. The predicted molar refractivity (Wildman–Crippen MR) is 70.8 cm³/mol. The van der Waals surface area contributed by atoms with Crippen LogP contribution in [0.2, 0.25) is 0 Å². The van der Waals surface area contributed by atoms with Crippen LogP contribution in [0.5, 0.6) is 11.5 Å². The third-order valence-corrected chi connectivity index (χ3v) is 3.66. The first kappa shape index (κ1) is 12.0. The molecule has 0 saturated heterocycles. The number of rotatable bonds is 4. The highest BCUT2D eigenvalue weighted by Gasteiger charge is 2.13. The number of ether oxygens (including phenoxy) is 2. The van der Waals surface area contributed by atoms with Crippen LogP contribution in [0.3, 0.4) is 0 Å². The van der Waals surface area contributed by atoms with E-state index in [9.17, 15) is 0 Å². The third kappa shape index (κ3) is 2.28. The normalized spacial score (nSPS) is 10.3. The summed E-state index contributed by atoms with van der Waals surface area (Å²) in [6.45, 7) is 0.558. The van der Waals surface area contributed by atoms with Crippen LogP contribution in [0.25, 0.3) is 10.4 Å². The Morgan fingerprint density at radius 3 is 2.18 bits per heavy atom. The molecule has 0 saturated carbocycles. The summed E-state index contributed by atoms with van der Waals surface area (Å²) in [5.41, 5.74) is 6.62. The molecule has 0 unspecified atom stereocenters. The first-order valence-electron chi connectivity index (χ1n) is 5.30. The van der Waals surface area contributed by atoms with E-state index in [-0.39, 0.29) is 0 Å². The van der Waals surface area contributed by atoms with Crippen LogP contribution < -0.4 is 15.2 Å². The lowest BCUT2D eigenvalue weighted by Crippen LogP contribution is -1.92. The van der Waals surface area contributed by atoms with E-state index in [0.717, 1.165) is 26.8 Å². The van der Waals surface area contributed by atoms with Gasteiger partial charge in [-0.1, -0.05) is 6.07 Å². The maximum Gasteiger partial charge on any atom is 0.131 e. The Hall–Kier alpha value is -1.52. The van der Waals surface area contributed by atoms with Gasteiger partial charge in [-0.2, -0.15) is 0 Å². The van der Waals surface area contributed by atoms with Gasteiger partial charge in [-0.05, 0) is 24.3 Å². The Balaban J connectivity index is 2.55. The molecule has 2 rings (SSSR count). The zero-order valence-electron chi connectivity index (χ0n) is 9.90. The molecule has 1 heterocycles. The van der Waals surface area contributed by atoms with Gasteiger partial charge in [0.25, 0.3) is 0 Å². The van der Waals surface area contributed by atoms with Gasteiger partial charge in [-0.25, -0.2) is 0 Å². The maximum absolute atomic E-state index is 5.63. The number of nitrogens with two attached hydrogens (primary N) is 1. The standard InChI is InChI=1S/C13H15NO2S/c1-15-10-4-3-5-11(16-2)13(10)12-7-6-9(8-14)17-12/h3-7H,8,14H2,1-2H3. The molecule has 0 aliphatic heterocycles. The summed E-state index contributed by atoms with van der Waals surface area (Å²) in [4.78, 5) is 2.26. The summed E-state index contributed by atoms with van der Waals surface area (Å²) >= 11 is 1.66. The van der Waals surface area contributed by atoms with E-state index in [4.69, 9.17) is 15.2 Å². The van der Waals surface area contributed by atoms with Gasteiger partial charge < -0.3 is 15.2 Å². The molecule has 90 valence electrons. The van der Waals surface area contributed by atoms with Gasteiger partial charge in [0, 0.05) is 16.3 Å². The highest BCUT2D eigenvalue weighted by Crippen LogP contribution is 2.41. The Morgan fingerprint density at radius 2 is 1.71 bits per heavy atom. The topological polar surface area (TPSA) is 44.5 Å². The van der Waals surface area contributed by atoms with Gasteiger partial charge in [0.1, 0.15) is 11.5 Å². The van der Waals surface area contributed by atoms with E-state index in [1.165, 1.54) is 0 Å². The predicted octanol–water partition coefficient (Wildman–Crippen LogP) is 2.89. The summed E-state index contributed by atoms with van der Waals surface area (Å²) in [6, 6.07) is 9.86. The molecule has 0 aliphatic carbocycles. The number of hydrogen-bond donors (Lipinski definition) is 1. The molecule has 17 heavy (non-hydrogen) atoms. The van der Waals surface area contributed by atoms with Crippen molar-refractivity contribution in [3.05, 3.63) is 35.2 Å². The number of thiophene rings is 1. The van der Waals surface area contributed by atoms with Crippen molar-refractivity contribution in [1.29, 1.82) is 0 Å². The van der Waals surface area contributed by atoms with Gasteiger partial charge in [0.05, 0.1) is 19.8 Å². The van der Waals surface area contributed by atoms with Crippen LogP contribution in [0, 0.1) is 0 Å². The van der Waals surface area contributed by atoms with Gasteiger partial charge in [-0.3, -0.25) is 0 Å². The van der Waals surface area contributed by atoms with Crippen molar-refractivity contribution in [1.82, 2.24) is 0 Å². The van der Waals surface area contributed by atoms with Crippen LogP contribution >= 0.6 is 11.3 Å². The zero-order chi connectivity index (χ0) is 12.3. The van der Waals surface area contributed by atoms with Gasteiger partial charge >= 0.3 is 0 Å². The van der Waals surface area contributed by atoms with E-state index in [2.05, 4.69) is 0 Å². The van der Waals surface area contributed by atoms with Crippen molar-refractivity contribution < 1.29 is 9.47 Å². The molecule has 0 amide bonds. The Kier molecular flexibility index (Phi) is 3.66. The molecule has 2 aromatic rings. The molecule has 4 heteroatoms. The number of benzene rings is 1. The maximum atomic E-state index is 5.63. The highest BCUT2D eigenvalue weighted by atomic mass is 32.1. The van der Waals surface area contributed by atoms with Crippen LogP contribution in [0.4, 0.5) is 0 Å². The molecule has 0 bridgehead atoms. The molecule has 1 aromatic carbocycles. The minimum absolute atomic E-state index is 0.558. The van der Waals surface area contributed by atoms with Crippen molar-refractivity contribution >= 4 is 11.3 Å². The molecule has 0 aliphatic rings. The smallest absolute Gasteiger partial charge is 0.131 e. The van der Waals surface area contributed by atoms with E-state index in [0.29, 0.717) is 6.54 Å². The highest BCUT2D eigenvalue weighted by molar-refractivity contribution is 7.15. The fourth-order valence-electron chi connectivity index (χ4n) is 1.72. The monoisotopic (exact) mass is 249 g/mol. The Morgan fingerprint density at radius 1 is 1.06 bits per heavy atom. The van der Waals surface area contributed by atoms with Gasteiger partial charge in [-0.15, -0.1) is 11.3 Å². The lowest BCUT2D eigenvalue weighted by Gasteiger charge is -2.11. The average Bonchev–Trinajstić information content (AvgIpc) is 2.86. The summed E-state index contributed by atoms with van der Waals surface area (Å²) in [5, 5.41) is 0. The van der Waals surface area contributed by atoms with Crippen molar-refractivity contribution in [3.63, 3.8) is 0 Å². The molecule has 1 aromatic heterocycles. The largest absolute Gasteiger partial charge is 0.496 e. The first-order valence-corrected chi connectivity index (χ1v) is 6.12. The molecule has 0 fully saturated rings. The second-order valence-corrected chi connectivity index (χ2v) is 4.68. The summed E-state index contributed by atoms with van der Waals surface area (Å²) in [7, 11) is 3.32. The zero-order valence-corrected chi connectivity index (χ0v) is 10.7. The van der Waals surface area contributed by atoms with Crippen molar-refractivity contribution in [2.45, 2.75) is 6.54 Å². The van der Waals surface area contributed by atoms with Crippen molar-refractivity contribution in [2.75, 3.05) is 14.2 Å². The van der Waals surface area contributed by atoms with E-state index in [1.54, 1.807) is 25.6 Å². The molecule has 0 atom stereocenters. The molecule has 2 N–H and O–H groups in total. The molecular weight excluding hydrogens is 234 g/mol. The lowest BCUT2D eigenvalue weighted by molar-refractivity contribution is 0.397. The Bertz CT molecular complexity index is 486. The van der Waals surface area contributed by atoms with Crippen LogP contribution in [-0.2, 0) is 6.54 Å². The Labute approximate surface area is 105 Å². The fourth-order valence-corrected chi connectivity index (χ4v) is 2.66. The van der Waals surface area contributed by atoms with Crippen LogP contribution in [-0.4, -0.2) is 14.2 Å². The minimum Gasteiger partial charge on any atom is -0.496 e. The van der Waals surface area contributed by atoms with Gasteiger partial charge in [0.2, 0.25) is 0 Å². The fraction of sp³-hybridized carbons (Fsp3) is 0.231. The quantitative estimate of drug-likeness (QED) is 0.906. The minimum atomic E-state index is 0.558. The summed E-state index contributed by atoms with van der Waals surface area (Å²) < 4.78 is 10.8. The average molecular weight is 249 g/mol. The number of hydrogen-bond acceptors (Lipinski definition) is 4. The summed E-state index contributed by atoms with van der Waals surface area (Å²) in [6.07, 6.45) is 0. The lowest BCUT2D eigenvalue weighted by atomic mass is 10.1. The third-order valence-electron chi connectivity index (χ3n) is 2.54. The first-order chi connectivity index (χ1) is 8.30. The molecular formula is C13H15NO2S. The summed E-state index contributed by atoms with van der Waals surface area (Å²) in [5.74, 6) is 1.63. The SMILES string of the molecule is COc1cccc(OC)c1-c1ccc(CN)s1.